The van der Waals surface area contributed by atoms with Crippen molar-refractivity contribution in [3.63, 3.8) is 0 Å². The Morgan fingerprint density at radius 1 is 1.36 bits per heavy atom. The van der Waals surface area contributed by atoms with Crippen LogP contribution in [0.4, 0.5) is 5.82 Å². The summed E-state index contributed by atoms with van der Waals surface area (Å²) in [5.74, 6) is 0.0205. The topological polar surface area (TPSA) is 77.0 Å². The van der Waals surface area contributed by atoms with Crippen LogP contribution in [-0.4, -0.2) is 33.8 Å². The van der Waals surface area contributed by atoms with Crippen LogP contribution in [0.5, 0.6) is 0 Å². The first-order chi connectivity index (χ1) is 10.2. The number of anilines is 1. The highest BCUT2D eigenvalue weighted by atomic mass is 35.5. The molecule has 2 aromatic rings. The van der Waals surface area contributed by atoms with Gasteiger partial charge in [-0.15, -0.1) is 12.4 Å². The molecule has 22 heavy (non-hydrogen) atoms. The average molecular weight is 341 g/mol. The Labute approximate surface area is 139 Å². The monoisotopic (exact) mass is 340 g/mol. The first-order valence-corrected chi connectivity index (χ1v) is 7.69. The molecule has 2 rings (SSSR count). The van der Waals surface area contributed by atoms with E-state index >= 15 is 0 Å². The van der Waals surface area contributed by atoms with Crippen molar-refractivity contribution in [3.05, 3.63) is 41.9 Å². The number of aromatic nitrogens is 3. The number of esters is 1. The fraction of sp³-hybridized carbons (Fsp3) is 0.286. The van der Waals surface area contributed by atoms with E-state index in [4.69, 9.17) is 4.74 Å². The minimum atomic E-state index is -0.436. The zero-order valence-electron chi connectivity index (χ0n) is 12.3. The number of carbonyl (C=O) groups excluding carboxylic acids is 1. The Kier molecular flexibility index (Phi) is 7.62. The first-order valence-electron chi connectivity index (χ1n) is 6.46. The zero-order valence-corrected chi connectivity index (χ0v) is 13.9. The summed E-state index contributed by atoms with van der Waals surface area (Å²) in [6, 6.07) is 5.65. The van der Waals surface area contributed by atoms with Crippen molar-refractivity contribution in [1.82, 2.24) is 15.0 Å². The molecule has 0 aromatic carbocycles. The Hall–Kier alpha value is -1.86. The Balaban J connectivity index is 0.00000242. The number of carbonyl (C=O) groups is 1. The smallest absolute Gasteiger partial charge is 0.343 e. The van der Waals surface area contributed by atoms with E-state index in [0.717, 1.165) is 5.69 Å². The van der Waals surface area contributed by atoms with E-state index in [2.05, 4.69) is 20.3 Å². The van der Waals surface area contributed by atoms with Crippen LogP contribution in [0.3, 0.4) is 0 Å². The second-order valence-electron chi connectivity index (χ2n) is 4.01. The van der Waals surface area contributed by atoms with Gasteiger partial charge in [0.1, 0.15) is 11.4 Å². The van der Waals surface area contributed by atoms with Crippen molar-refractivity contribution in [2.75, 3.05) is 18.2 Å². The summed E-state index contributed by atoms with van der Waals surface area (Å²) in [5.41, 5.74) is 1.18. The molecule has 0 unspecified atom stereocenters. The molecule has 0 aliphatic heterocycles. The maximum Gasteiger partial charge on any atom is 0.343 e. The fourth-order valence-corrected chi connectivity index (χ4v) is 1.97. The van der Waals surface area contributed by atoms with Crippen molar-refractivity contribution in [2.24, 2.45) is 0 Å². The van der Waals surface area contributed by atoms with Crippen molar-refractivity contribution in [3.8, 4) is 0 Å². The predicted molar refractivity (Wildman–Crippen MR) is 88.6 cm³/mol. The van der Waals surface area contributed by atoms with Crippen molar-refractivity contribution in [2.45, 2.75) is 18.6 Å². The van der Waals surface area contributed by atoms with Gasteiger partial charge < -0.3 is 10.1 Å². The molecule has 0 saturated heterocycles. The van der Waals surface area contributed by atoms with E-state index in [0.29, 0.717) is 29.7 Å². The number of nitrogens with zero attached hydrogens (tertiary/aromatic N) is 3. The van der Waals surface area contributed by atoms with Crippen LogP contribution in [-0.2, 0) is 11.3 Å². The van der Waals surface area contributed by atoms with Crippen LogP contribution in [0.1, 0.15) is 23.0 Å². The van der Waals surface area contributed by atoms with Gasteiger partial charge in [-0.1, -0.05) is 17.8 Å². The highest BCUT2D eigenvalue weighted by molar-refractivity contribution is 7.98. The Morgan fingerprint density at radius 2 is 2.18 bits per heavy atom. The molecule has 0 atom stereocenters. The molecule has 8 heteroatoms. The van der Waals surface area contributed by atoms with Crippen LogP contribution < -0.4 is 5.32 Å². The molecule has 0 amide bonds. The largest absolute Gasteiger partial charge is 0.462 e. The maximum absolute atomic E-state index is 11.9. The van der Waals surface area contributed by atoms with E-state index in [1.165, 1.54) is 18.0 Å². The normalized spacial score (nSPS) is 9.73. The minimum Gasteiger partial charge on any atom is -0.462 e. The molecule has 0 aliphatic carbocycles. The summed E-state index contributed by atoms with van der Waals surface area (Å²) >= 11 is 1.41. The number of halogens is 1. The van der Waals surface area contributed by atoms with E-state index < -0.39 is 5.97 Å². The van der Waals surface area contributed by atoms with Gasteiger partial charge in [0.05, 0.1) is 18.8 Å². The second kappa shape index (κ2) is 9.22. The number of pyridine rings is 1. The SMILES string of the molecule is CCOC(=O)c1cnc(SC)nc1NCc1ccccn1.Cl. The third kappa shape index (κ3) is 4.85. The Bertz CT molecular complexity index is 613. The molecule has 1 N–H and O–H groups in total. The van der Waals surface area contributed by atoms with Gasteiger partial charge in [-0.2, -0.15) is 0 Å². The van der Waals surface area contributed by atoms with Crippen LogP contribution in [0.25, 0.3) is 0 Å². The zero-order chi connectivity index (χ0) is 15.1. The molecule has 0 radical (unpaired) electrons. The van der Waals surface area contributed by atoms with Gasteiger partial charge in [-0.05, 0) is 25.3 Å². The van der Waals surface area contributed by atoms with E-state index in [-0.39, 0.29) is 12.4 Å². The lowest BCUT2D eigenvalue weighted by Crippen LogP contribution is -2.13. The van der Waals surface area contributed by atoms with Crippen molar-refractivity contribution < 1.29 is 9.53 Å². The minimum absolute atomic E-state index is 0. The molecule has 2 aromatic heterocycles. The summed E-state index contributed by atoms with van der Waals surface area (Å²) in [5, 5.41) is 3.71. The highest BCUT2D eigenvalue weighted by Crippen LogP contribution is 2.18. The predicted octanol–water partition coefficient (Wildman–Crippen LogP) is 2.80. The lowest BCUT2D eigenvalue weighted by Gasteiger charge is -2.10. The summed E-state index contributed by atoms with van der Waals surface area (Å²) in [7, 11) is 0. The lowest BCUT2D eigenvalue weighted by atomic mass is 10.3. The second-order valence-corrected chi connectivity index (χ2v) is 4.79. The molecule has 2 heterocycles. The van der Waals surface area contributed by atoms with Gasteiger partial charge in [0.25, 0.3) is 0 Å². The number of thioether (sulfide) groups is 1. The number of hydrogen-bond donors (Lipinski definition) is 1. The van der Waals surface area contributed by atoms with Crippen molar-refractivity contribution in [1.29, 1.82) is 0 Å². The highest BCUT2D eigenvalue weighted by Gasteiger charge is 2.15. The fourth-order valence-electron chi connectivity index (χ4n) is 1.63. The molecule has 0 aliphatic rings. The third-order valence-corrected chi connectivity index (χ3v) is 3.17. The van der Waals surface area contributed by atoms with Gasteiger partial charge in [0, 0.05) is 12.4 Å². The molecular weight excluding hydrogens is 324 g/mol. The van der Waals surface area contributed by atoms with Gasteiger partial charge in [0.2, 0.25) is 0 Å². The molecule has 0 saturated carbocycles. The number of ether oxygens (including phenoxy) is 1. The summed E-state index contributed by atoms with van der Waals surface area (Å²) < 4.78 is 5.01. The molecule has 0 fully saturated rings. The number of nitrogens with one attached hydrogen (secondary N) is 1. The summed E-state index contributed by atoms with van der Waals surface area (Å²) in [6.07, 6.45) is 5.08. The van der Waals surface area contributed by atoms with E-state index in [1.807, 2.05) is 24.5 Å². The van der Waals surface area contributed by atoms with Gasteiger partial charge >= 0.3 is 5.97 Å². The Morgan fingerprint density at radius 3 is 2.82 bits per heavy atom. The number of hydrogen-bond acceptors (Lipinski definition) is 7. The summed E-state index contributed by atoms with van der Waals surface area (Å²) in [4.78, 5) is 24.6. The van der Waals surface area contributed by atoms with Crippen LogP contribution >= 0.6 is 24.2 Å². The van der Waals surface area contributed by atoms with Gasteiger partial charge in [-0.3, -0.25) is 4.98 Å². The van der Waals surface area contributed by atoms with Gasteiger partial charge in [0.15, 0.2) is 5.16 Å². The molecule has 118 valence electrons. The third-order valence-electron chi connectivity index (χ3n) is 2.61. The first kappa shape index (κ1) is 18.2. The maximum atomic E-state index is 11.9. The van der Waals surface area contributed by atoms with Crippen LogP contribution in [0.15, 0.2) is 35.7 Å². The van der Waals surface area contributed by atoms with Crippen LogP contribution in [0.2, 0.25) is 0 Å². The molecule has 6 nitrogen and oxygen atoms in total. The summed E-state index contributed by atoms with van der Waals surface area (Å²) in [6.45, 7) is 2.54. The standard InChI is InChI=1S/C14H16N4O2S.ClH/c1-3-20-13(19)11-9-17-14(21-2)18-12(11)16-8-10-6-4-5-7-15-10;/h4-7,9H,3,8H2,1-2H3,(H,16,17,18);1H. The van der Waals surface area contributed by atoms with Gasteiger partial charge in [-0.25, -0.2) is 14.8 Å². The average Bonchev–Trinajstić information content (AvgIpc) is 2.53. The quantitative estimate of drug-likeness (QED) is 0.492. The molecule has 0 spiro atoms. The van der Waals surface area contributed by atoms with E-state index in [9.17, 15) is 4.79 Å². The van der Waals surface area contributed by atoms with Crippen molar-refractivity contribution >= 4 is 36.0 Å². The lowest BCUT2D eigenvalue weighted by molar-refractivity contribution is 0.0526. The molecule has 0 bridgehead atoms. The number of rotatable bonds is 6. The van der Waals surface area contributed by atoms with E-state index in [1.54, 1.807) is 13.1 Å². The molecular formula is C14H17ClN4O2S. The van der Waals surface area contributed by atoms with Crippen LogP contribution in [0, 0.1) is 0 Å².